The molecule has 0 saturated carbocycles. The lowest BCUT2D eigenvalue weighted by atomic mass is 10.2. The minimum atomic E-state index is -0.317. The molecule has 0 saturated heterocycles. The van der Waals surface area contributed by atoms with Crippen molar-refractivity contribution in [3.63, 3.8) is 0 Å². The minimum Gasteiger partial charge on any atom is -0.344 e. The van der Waals surface area contributed by atoms with Crippen LogP contribution in [0.3, 0.4) is 0 Å². The molecule has 1 amide bonds. The standard InChI is InChI=1S/C11H14N6O2/c1-6-3-9(16-12)8(4-13-6)11(18)14-5-10-15-7(2)19-17-10/h3-4H,5,12H2,1-2H3,(H,13,16)(H,14,18). The number of anilines is 1. The smallest absolute Gasteiger partial charge is 0.255 e. The zero-order valence-electron chi connectivity index (χ0n) is 10.6. The molecule has 19 heavy (non-hydrogen) atoms. The largest absolute Gasteiger partial charge is 0.344 e. The van der Waals surface area contributed by atoms with Crippen molar-refractivity contribution < 1.29 is 9.32 Å². The number of amides is 1. The van der Waals surface area contributed by atoms with E-state index in [4.69, 9.17) is 10.4 Å². The van der Waals surface area contributed by atoms with Gasteiger partial charge >= 0.3 is 0 Å². The van der Waals surface area contributed by atoms with Crippen molar-refractivity contribution in [2.75, 3.05) is 5.43 Å². The van der Waals surface area contributed by atoms with E-state index < -0.39 is 0 Å². The molecule has 0 aliphatic heterocycles. The van der Waals surface area contributed by atoms with Crippen molar-refractivity contribution >= 4 is 11.6 Å². The topological polar surface area (TPSA) is 119 Å². The van der Waals surface area contributed by atoms with E-state index in [0.717, 1.165) is 5.69 Å². The first-order chi connectivity index (χ1) is 9.10. The number of nitrogens with two attached hydrogens (primary N) is 1. The first kappa shape index (κ1) is 13.0. The molecule has 4 N–H and O–H groups in total. The highest BCUT2D eigenvalue weighted by Gasteiger charge is 2.12. The quantitative estimate of drug-likeness (QED) is 0.535. The van der Waals surface area contributed by atoms with Gasteiger partial charge in [0.2, 0.25) is 5.89 Å². The molecular formula is C11H14N6O2. The molecule has 2 aromatic rings. The van der Waals surface area contributed by atoms with E-state index in [9.17, 15) is 4.79 Å². The summed E-state index contributed by atoms with van der Waals surface area (Å²) in [6.45, 7) is 3.66. The van der Waals surface area contributed by atoms with Gasteiger partial charge < -0.3 is 15.3 Å². The Kier molecular flexibility index (Phi) is 3.71. The summed E-state index contributed by atoms with van der Waals surface area (Å²) in [6.07, 6.45) is 1.46. The van der Waals surface area contributed by atoms with E-state index in [1.807, 2.05) is 6.92 Å². The third kappa shape index (κ3) is 3.05. The number of aryl methyl sites for hydroxylation is 2. The molecule has 100 valence electrons. The van der Waals surface area contributed by atoms with Crippen LogP contribution in [0.1, 0.15) is 27.8 Å². The minimum absolute atomic E-state index is 0.175. The highest BCUT2D eigenvalue weighted by molar-refractivity contribution is 5.99. The Bertz CT molecular complexity index is 595. The summed E-state index contributed by atoms with van der Waals surface area (Å²) in [6, 6.07) is 1.69. The number of nitrogens with one attached hydrogen (secondary N) is 2. The molecule has 0 aromatic carbocycles. The summed E-state index contributed by atoms with van der Waals surface area (Å²) in [4.78, 5) is 20.0. The Hall–Kier alpha value is -2.48. The van der Waals surface area contributed by atoms with Crippen LogP contribution in [0, 0.1) is 13.8 Å². The summed E-state index contributed by atoms with van der Waals surface area (Å²) in [5, 5.41) is 6.34. The SMILES string of the molecule is Cc1cc(NN)c(C(=O)NCc2noc(C)n2)cn1. The van der Waals surface area contributed by atoms with Crippen LogP contribution in [0.5, 0.6) is 0 Å². The Labute approximate surface area is 109 Å². The van der Waals surface area contributed by atoms with Crippen LogP contribution in [-0.2, 0) is 6.54 Å². The molecule has 2 heterocycles. The number of nitrogen functional groups attached to an aromatic ring is 1. The predicted molar refractivity (Wildman–Crippen MR) is 67.0 cm³/mol. The number of carbonyl (C=O) groups excluding carboxylic acids is 1. The van der Waals surface area contributed by atoms with E-state index in [1.165, 1.54) is 6.20 Å². The lowest BCUT2D eigenvalue weighted by Gasteiger charge is -2.08. The monoisotopic (exact) mass is 262 g/mol. The molecule has 8 heteroatoms. The van der Waals surface area contributed by atoms with E-state index in [0.29, 0.717) is 23.0 Å². The fraction of sp³-hybridized carbons (Fsp3) is 0.273. The van der Waals surface area contributed by atoms with Crippen LogP contribution in [-0.4, -0.2) is 21.0 Å². The van der Waals surface area contributed by atoms with Gasteiger partial charge in [0, 0.05) is 18.8 Å². The highest BCUT2D eigenvalue weighted by atomic mass is 16.5. The van der Waals surface area contributed by atoms with Gasteiger partial charge in [-0.25, -0.2) is 0 Å². The second kappa shape index (κ2) is 5.44. The van der Waals surface area contributed by atoms with Crippen molar-refractivity contribution in [2.45, 2.75) is 20.4 Å². The van der Waals surface area contributed by atoms with Crippen molar-refractivity contribution in [1.82, 2.24) is 20.4 Å². The van der Waals surface area contributed by atoms with Crippen LogP contribution in [0.15, 0.2) is 16.8 Å². The van der Waals surface area contributed by atoms with Crippen LogP contribution in [0.25, 0.3) is 0 Å². The molecule has 0 aliphatic rings. The van der Waals surface area contributed by atoms with E-state index in [1.54, 1.807) is 13.0 Å². The third-order valence-corrected chi connectivity index (χ3v) is 2.42. The molecule has 0 atom stereocenters. The summed E-state index contributed by atoms with van der Waals surface area (Å²) < 4.78 is 4.81. The number of hydrogen-bond acceptors (Lipinski definition) is 7. The van der Waals surface area contributed by atoms with Gasteiger partial charge in [0.25, 0.3) is 5.91 Å². The molecule has 2 aromatic heterocycles. The maximum atomic E-state index is 12.0. The normalized spacial score (nSPS) is 10.3. The number of hydrogen-bond donors (Lipinski definition) is 3. The number of hydrazine groups is 1. The highest BCUT2D eigenvalue weighted by Crippen LogP contribution is 2.14. The van der Waals surface area contributed by atoms with Crippen LogP contribution >= 0.6 is 0 Å². The van der Waals surface area contributed by atoms with Gasteiger partial charge in [-0.3, -0.25) is 15.6 Å². The molecule has 0 fully saturated rings. The Balaban J connectivity index is 2.07. The fourth-order valence-electron chi connectivity index (χ4n) is 1.53. The molecule has 0 radical (unpaired) electrons. The zero-order valence-corrected chi connectivity index (χ0v) is 10.6. The van der Waals surface area contributed by atoms with Gasteiger partial charge in [-0.15, -0.1) is 0 Å². The second-order valence-corrected chi connectivity index (χ2v) is 3.93. The van der Waals surface area contributed by atoms with Gasteiger partial charge in [-0.05, 0) is 13.0 Å². The molecule has 8 nitrogen and oxygen atoms in total. The Morgan fingerprint density at radius 3 is 2.89 bits per heavy atom. The number of nitrogens with zero attached hydrogens (tertiary/aromatic N) is 3. The molecule has 0 spiro atoms. The van der Waals surface area contributed by atoms with Crippen LogP contribution in [0.4, 0.5) is 5.69 Å². The third-order valence-electron chi connectivity index (χ3n) is 2.42. The lowest BCUT2D eigenvalue weighted by Crippen LogP contribution is -2.25. The van der Waals surface area contributed by atoms with Gasteiger partial charge in [-0.2, -0.15) is 4.98 Å². The summed E-state index contributed by atoms with van der Waals surface area (Å²) in [7, 11) is 0. The number of aromatic nitrogens is 3. The average Bonchev–Trinajstić information content (AvgIpc) is 2.81. The van der Waals surface area contributed by atoms with E-state index in [-0.39, 0.29) is 12.5 Å². The van der Waals surface area contributed by atoms with E-state index in [2.05, 4.69) is 25.9 Å². The molecule has 0 unspecified atom stereocenters. The molecule has 0 aliphatic carbocycles. The molecule has 2 rings (SSSR count). The summed E-state index contributed by atoms with van der Waals surface area (Å²) >= 11 is 0. The van der Waals surface area contributed by atoms with Crippen molar-refractivity contribution in [2.24, 2.45) is 5.84 Å². The number of rotatable bonds is 4. The van der Waals surface area contributed by atoms with Crippen LogP contribution < -0.4 is 16.6 Å². The maximum Gasteiger partial charge on any atom is 0.255 e. The fourth-order valence-corrected chi connectivity index (χ4v) is 1.53. The Morgan fingerprint density at radius 1 is 1.47 bits per heavy atom. The molecular weight excluding hydrogens is 248 g/mol. The summed E-state index contributed by atoms with van der Waals surface area (Å²) in [5.41, 5.74) is 4.09. The predicted octanol–water partition coefficient (Wildman–Crippen LogP) is 0.297. The van der Waals surface area contributed by atoms with Gasteiger partial charge in [-0.1, -0.05) is 5.16 Å². The van der Waals surface area contributed by atoms with Crippen LogP contribution in [0.2, 0.25) is 0 Å². The van der Waals surface area contributed by atoms with Gasteiger partial charge in [0.1, 0.15) is 0 Å². The first-order valence-electron chi connectivity index (χ1n) is 5.61. The van der Waals surface area contributed by atoms with Crippen molar-refractivity contribution in [1.29, 1.82) is 0 Å². The van der Waals surface area contributed by atoms with E-state index >= 15 is 0 Å². The second-order valence-electron chi connectivity index (χ2n) is 3.93. The van der Waals surface area contributed by atoms with Crippen molar-refractivity contribution in [3.8, 4) is 0 Å². The average molecular weight is 262 g/mol. The number of pyridine rings is 1. The zero-order chi connectivity index (χ0) is 13.8. The lowest BCUT2D eigenvalue weighted by molar-refractivity contribution is 0.0950. The van der Waals surface area contributed by atoms with Crippen molar-refractivity contribution in [3.05, 3.63) is 35.2 Å². The number of carbonyl (C=O) groups is 1. The maximum absolute atomic E-state index is 12.0. The van der Waals surface area contributed by atoms with Gasteiger partial charge in [0.15, 0.2) is 5.82 Å². The van der Waals surface area contributed by atoms with Gasteiger partial charge in [0.05, 0.1) is 17.8 Å². The molecule has 0 bridgehead atoms. The first-order valence-corrected chi connectivity index (χ1v) is 5.61. The summed E-state index contributed by atoms with van der Waals surface area (Å²) in [5.74, 6) is 5.91. The Morgan fingerprint density at radius 2 is 2.26 bits per heavy atom.